The highest BCUT2D eigenvalue weighted by molar-refractivity contribution is 7.89. The smallest absolute Gasteiger partial charge is 0.241 e. The fraction of sp³-hybridized carbons (Fsp3) is 0.462. The van der Waals surface area contributed by atoms with E-state index in [9.17, 15) is 13.2 Å². The van der Waals surface area contributed by atoms with Gasteiger partial charge in [-0.25, -0.2) is 13.1 Å². The molecule has 0 aliphatic heterocycles. The first-order chi connectivity index (χ1) is 9.31. The predicted octanol–water partition coefficient (Wildman–Crippen LogP) is 0.210. The lowest BCUT2D eigenvalue weighted by molar-refractivity contribution is -0.128. The third-order valence-corrected chi connectivity index (χ3v) is 4.56. The second kappa shape index (κ2) is 6.83. The summed E-state index contributed by atoms with van der Waals surface area (Å²) in [5.74, 6) is -0.272. The zero-order chi connectivity index (χ0) is 15.3. The van der Waals surface area contributed by atoms with Crippen molar-refractivity contribution in [3.05, 3.63) is 29.3 Å². The maximum Gasteiger partial charge on any atom is 0.241 e. The highest BCUT2D eigenvalue weighted by atomic mass is 32.2. The van der Waals surface area contributed by atoms with Crippen molar-refractivity contribution in [3.8, 4) is 0 Å². The molecule has 0 radical (unpaired) electrons. The van der Waals surface area contributed by atoms with Crippen LogP contribution in [0, 0.1) is 6.92 Å². The molecule has 0 aromatic heterocycles. The van der Waals surface area contributed by atoms with Crippen molar-refractivity contribution in [3.63, 3.8) is 0 Å². The van der Waals surface area contributed by atoms with Crippen molar-refractivity contribution in [2.24, 2.45) is 5.73 Å². The molecule has 0 aliphatic rings. The monoisotopic (exact) mass is 299 g/mol. The number of sulfonamides is 1. The van der Waals surface area contributed by atoms with E-state index in [-0.39, 0.29) is 17.3 Å². The Morgan fingerprint density at radius 3 is 2.55 bits per heavy atom. The molecule has 1 aromatic rings. The highest BCUT2D eigenvalue weighted by Gasteiger charge is 2.17. The molecule has 0 bridgehead atoms. The highest BCUT2D eigenvalue weighted by Crippen LogP contribution is 2.14. The zero-order valence-corrected chi connectivity index (χ0v) is 12.8. The number of hydrogen-bond acceptors (Lipinski definition) is 4. The van der Waals surface area contributed by atoms with Crippen LogP contribution in [0.1, 0.15) is 18.1 Å². The lowest BCUT2D eigenvalue weighted by Crippen LogP contribution is -2.38. The van der Waals surface area contributed by atoms with E-state index in [1.54, 1.807) is 26.1 Å². The van der Waals surface area contributed by atoms with Crippen LogP contribution >= 0.6 is 0 Å². The summed E-state index contributed by atoms with van der Waals surface area (Å²) in [6.07, 6.45) is 0. The Hall–Kier alpha value is -1.44. The zero-order valence-electron chi connectivity index (χ0n) is 12.0. The number of nitrogens with one attached hydrogen (secondary N) is 1. The van der Waals surface area contributed by atoms with Crippen molar-refractivity contribution in [1.82, 2.24) is 9.62 Å². The predicted molar refractivity (Wildman–Crippen MR) is 77.6 cm³/mol. The van der Waals surface area contributed by atoms with Crippen LogP contribution < -0.4 is 10.5 Å². The van der Waals surface area contributed by atoms with E-state index in [1.165, 1.54) is 11.0 Å². The Kier molecular flexibility index (Phi) is 5.67. The molecule has 6 nitrogen and oxygen atoms in total. The van der Waals surface area contributed by atoms with Crippen LogP contribution in [0.5, 0.6) is 0 Å². The minimum atomic E-state index is -3.68. The van der Waals surface area contributed by atoms with Crippen LogP contribution in [0.4, 0.5) is 0 Å². The lowest BCUT2D eigenvalue weighted by atomic mass is 10.1. The van der Waals surface area contributed by atoms with Crippen molar-refractivity contribution < 1.29 is 13.2 Å². The van der Waals surface area contributed by atoms with Gasteiger partial charge in [0.25, 0.3) is 0 Å². The fourth-order valence-electron chi connectivity index (χ4n) is 1.62. The molecule has 0 heterocycles. The molecule has 1 aromatic carbocycles. The van der Waals surface area contributed by atoms with Crippen molar-refractivity contribution in [2.45, 2.75) is 25.3 Å². The second-order valence-electron chi connectivity index (χ2n) is 4.52. The quantitative estimate of drug-likeness (QED) is 0.785. The first-order valence-electron chi connectivity index (χ1n) is 6.35. The number of benzene rings is 1. The summed E-state index contributed by atoms with van der Waals surface area (Å²) in [5.41, 5.74) is 7.25. The summed E-state index contributed by atoms with van der Waals surface area (Å²) < 4.78 is 26.5. The van der Waals surface area contributed by atoms with E-state index < -0.39 is 10.0 Å². The van der Waals surface area contributed by atoms with Crippen LogP contribution in [0.3, 0.4) is 0 Å². The normalized spacial score (nSPS) is 11.4. The van der Waals surface area contributed by atoms with Gasteiger partial charge in [0.1, 0.15) is 0 Å². The Morgan fingerprint density at radius 2 is 2.05 bits per heavy atom. The standard InChI is InChI=1S/C13H21N3O3S/c1-4-16(3)13(17)9-15-20(18,19)12-6-5-11(8-14)10(2)7-12/h5-7,15H,4,8-9,14H2,1-3H3. The Bertz CT molecular complexity index is 585. The Morgan fingerprint density at radius 1 is 1.40 bits per heavy atom. The molecule has 0 atom stereocenters. The fourth-order valence-corrected chi connectivity index (χ4v) is 2.68. The molecule has 7 heteroatoms. The summed E-state index contributed by atoms with van der Waals surface area (Å²) >= 11 is 0. The lowest BCUT2D eigenvalue weighted by Gasteiger charge is -2.15. The first kappa shape index (κ1) is 16.6. The Balaban J connectivity index is 2.84. The molecular weight excluding hydrogens is 278 g/mol. The summed E-state index contributed by atoms with van der Waals surface area (Å²) in [7, 11) is -2.06. The number of nitrogens with zero attached hydrogens (tertiary/aromatic N) is 1. The summed E-state index contributed by atoms with van der Waals surface area (Å²) in [4.78, 5) is 13.2. The number of rotatable bonds is 6. The number of aryl methyl sites for hydroxylation is 1. The van der Waals surface area contributed by atoms with Crippen molar-refractivity contribution >= 4 is 15.9 Å². The van der Waals surface area contributed by atoms with Crippen molar-refractivity contribution in [1.29, 1.82) is 0 Å². The van der Waals surface area contributed by atoms with Crippen LogP contribution in [0.2, 0.25) is 0 Å². The summed E-state index contributed by atoms with van der Waals surface area (Å²) in [6.45, 7) is 4.27. The molecule has 3 N–H and O–H groups in total. The van der Waals surface area contributed by atoms with Gasteiger partial charge in [-0.05, 0) is 37.1 Å². The van der Waals surface area contributed by atoms with Gasteiger partial charge in [-0.15, -0.1) is 0 Å². The number of carbonyl (C=O) groups is 1. The van der Waals surface area contributed by atoms with Crippen LogP contribution in [0.15, 0.2) is 23.1 Å². The van der Waals surface area contributed by atoms with Gasteiger partial charge in [0.15, 0.2) is 0 Å². The average Bonchev–Trinajstić information content (AvgIpc) is 2.43. The van der Waals surface area contributed by atoms with Gasteiger partial charge >= 0.3 is 0 Å². The number of hydrogen-bond donors (Lipinski definition) is 2. The molecular formula is C13H21N3O3S. The van der Waals surface area contributed by atoms with E-state index in [0.717, 1.165) is 11.1 Å². The van der Waals surface area contributed by atoms with Gasteiger partial charge in [-0.2, -0.15) is 0 Å². The molecule has 20 heavy (non-hydrogen) atoms. The third-order valence-electron chi connectivity index (χ3n) is 3.16. The number of likely N-dealkylation sites (N-methyl/N-ethyl adjacent to an activating group) is 1. The third kappa shape index (κ3) is 4.03. The second-order valence-corrected chi connectivity index (χ2v) is 6.29. The molecule has 0 spiro atoms. The minimum Gasteiger partial charge on any atom is -0.345 e. The number of nitrogens with two attached hydrogens (primary N) is 1. The maximum atomic E-state index is 12.1. The number of amides is 1. The van der Waals surface area contributed by atoms with E-state index >= 15 is 0 Å². The van der Waals surface area contributed by atoms with Gasteiger partial charge in [-0.1, -0.05) is 6.07 Å². The topological polar surface area (TPSA) is 92.5 Å². The van der Waals surface area contributed by atoms with Gasteiger partial charge in [0.05, 0.1) is 11.4 Å². The van der Waals surface area contributed by atoms with E-state index in [1.807, 2.05) is 6.92 Å². The van der Waals surface area contributed by atoms with Crippen LogP contribution in [-0.4, -0.2) is 39.4 Å². The molecule has 0 unspecified atom stereocenters. The van der Waals surface area contributed by atoms with Gasteiger partial charge < -0.3 is 10.6 Å². The van der Waals surface area contributed by atoms with Gasteiger partial charge in [0.2, 0.25) is 15.9 Å². The number of carbonyl (C=O) groups excluding carboxylic acids is 1. The SMILES string of the molecule is CCN(C)C(=O)CNS(=O)(=O)c1ccc(CN)c(C)c1. The largest absolute Gasteiger partial charge is 0.345 e. The molecule has 0 saturated carbocycles. The van der Waals surface area contributed by atoms with E-state index in [2.05, 4.69) is 4.72 Å². The Labute approximate surface area is 120 Å². The summed E-state index contributed by atoms with van der Waals surface area (Å²) in [5, 5.41) is 0. The van der Waals surface area contributed by atoms with Gasteiger partial charge in [0, 0.05) is 20.1 Å². The van der Waals surface area contributed by atoms with E-state index in [0.29, 0.717) is 13.1 Å². The molecule has 0 aliphatic carbocycles. The molecule has 0 saturated heterocycles. The molecule has 1 amide bonds. The first-order valence-corrected chi connectivity index (χ1v) is 7.83. The van der Waals surface area contributed by atoms with Crippen LogP contribution in [-0.2, 0) is 21.4 Å². The molecule has 1 rings (SSSR count). The minimum absolute atomic E-state index is 0.138. The van der Waals surface area contributed by atoms with E-state index in [4.69, 9.17) is 5.73 Å². The maximum absolute atomic E-state index is 12.1. The molecule has 0 fully saturated rings. The van der Waals surface area contributed by atoms with Crippen molar-refractivity contribution in [2.75, 3.05) is 20.1 Å². The van der Waals surface area contributed by atoms with Crippen LogP contribution in [0.25, 0.3) is 0 Å². The van der Waals surface area contributed by atoms with Gasteiger partial charge in [-0.3, -0.25) is 4.79 Å². The molecule has 112 valence electrons. The summed E-state index contributed by atoms with van der Waals surface area (Å²) in [6, 6.07) is 4.73. The average molecular weight is 299 g/mol.